The highest BCUT2D eigenvalue weighted by molar-refractivity contribution is 5.79. The van der Waals surface area contributed by atoms with Crippen LogP contribution in [0.15, 0.2) is 78.9 Å². The Labute approximate surface area is 199 Å². The van der Waals surface area contributed by atoms with Crippen molar-refractivity contribution in [3.05, 3.63) is 95.6 Å². The van der Waals surface area contributed by atoms with E-state index in [1.165, 1.54) is 16.7 Å². The number of benzene rings is 3. The van der Waals surface area contributed by atoms with E-state index in [2.05, 4.69) is 41.7 Å². The lowest BCUT2D eigenvalue weighted by molar-refractivity contribution is -0.150. The Morgan fingerprint density at radius 3 is 2.00 bits per heavy atom. The lowest BCUT2D eigenvalue weighted by Gasteiger charge is -2.37. The summed E-state index contributed by atoms with van der Waals surface area (Å²) in [5.74, 6) is -0.506. The summed E-state index contributed by atoms with van der Waals surface area (Å²) in [4.78, 5) is 24.8. The number of aliphatic carboxylic acids is 1. The number of amides is 1. The number of ether oxygens (including phenoxy) is 1. The number of hydrogen-bond acceptors (Lipinski definition) is 3. The van der Waals surface area contributed by atoms with Crippen molar-refractivity contribution in [2.45, 2.75) is 37.5 Å². The molecule has 2 aliphatic rings. The second kappa shape index (κ2) is 9.34. The first-order valence-electron chi connectivity index (χ1n) is 11.9. The Morgan fingerprint density at radius 2 is 1.41 bits per heavy atom. The van der Waals surface area contributed by atoms with E-state index in [1.807, 2.05) is 42.5 Å². The van der Waals surface area contributed by atoms with Gasteiger partial charge in [0.1, 0.15) is 6.61 Å². The van der Waals surface area contributed by atoms with Crippen molar-refractivity contribution in [3.8, 4) is 11.1 Å². The Hall–Kier alpha value is -3.60. The quantitative estimate of drug-likeness (QED) is 0.481. The molecule has 0 aliphatic heterocycles. The monoisotopic (exact) mass is 455 g/mol. The fourth-order valence-electron chi connectivity index (χ4n) is 5.59. The van der Waals surface area contributed by atoms with Gasteiger partial charge in [-0.25, -0.2) is 4.79 Å². The summed E-state index contributed by atoms with van der Waals surface area (Å²) >= 11 is 0. The molecular formula is C29H29NO4. The van der Waals surface area contributed by atoms with Crippen LogP contribution in [0.25, 0.3) is 11.1 Å². The van der Waals surface area contributed by atoms with Crippen LogP contribution >= 0.6 is 0 Å². The molecule has 1 saturated carbocycles. The molecule has 3 aromatic rings. The summed E-state index contributed by atoms with van der Waals surface area (Å²) < 4.78 is 5.60. The van der Waals surface area contributed by atoms with Crippen LogP contribution in [0.5, 0.6) is 0 Å². The highest BCUT2D eigenvalue weighted by atomic mass is 16.5. The molecule has 0 spiro atoms. The molecule has 1 amide bonds. The molecule has 0 bridgehead atoms. The lowest BCUT2D eigenvalue weighted by atomic mass is 9.69. The number of alkyl carbamates (subject to hydrolysis) is 1. The molecule has 2 N–H and O–H groups in total. The normalized spacial score (nSPS) is 21.4. The molecular weight excluding hydrogens is 426 g/mol. The molecule has 0 heterocycles. The molecule has 5 nitrogen and oxygen atoms in total. The van der Waals surface area contributed by atoms with Crippen LogP contribution in [0.3, 0.4) is 0 Å². The van der Waals surface area contributed by atoms with Gasteiger partial charge in [-0.2, -0.15) is 0 Å². The number of carbonyl (C=O) groups is 2. The zero-order valence-corrected chi connectivity index (χ0v) is 19.1. The number of carboxylic acids is 1. The second-order valence-electron chi connectivity index (χ2n) is 9.45. The van der Waals surface area contributed by atoms with Gasteiger partial charge in [0.15, 0.2) is 0 Å². The average molecular weight is 456 g/mol. The molecule has 0 atom stereocenters. The summed E-state index contributed by atoms with van der Waals surface area (Å²) in [7, 11) is 0. The predicted octanol–water partition coefficient (Wildman–Crippen LogP) is 5.95. The summed E-state index contributed by atoms with van der Waals surface area (Å²) in [5.41, 5.74) is 4.96. The summed E-state index contributed by atoms with van der Waals surface area (Å²) in [6.07, 6.45) is 2.09. The number of rotatable bonds is 6. The maximum Gasteiger partial charge on any atom is 0.407 e. The van der Waals surface area contributed by atoms with Gasteiger partial charge in [-0.1, -0.05) is 78.9 Å². The van der Waals surface area contributed by atoms with Crippen molar-refractivity contribution in [1.29, 1.82) is 0 Å². The Bertz CT molecular complexity index is 1140. The molecule has 0 aromatic heterocycles. The van der Waals surface area contributed by atoms with Crippen molar-refractivity contribution < 1.29 is 19.4 Å². The molecule has 2 aliphatic carbocycles. The zero-order valence-electron chi connectivity index (χ0n) is 19.1. The SMILES string of the molecule is O=C(NCC1(C(=O)O)CCC(c2ccccc2)CC1)OCC1c2ccccc2-c2ccccc21. The minimum Gasteiger partial charge on any atom is -0.481 e. The Kier molecular flexibility index (Phi) is 6.10. The molecule has 0 radical (unpaired) electrons. The van der Waals surface area contributed by atoms with Crippen molar-refractivity contribution in [3.63, 3.8) is 0 Å². The third kappa shape index (κ3) is 4.18. The van der Waals surface area contributed by atoms with Gasteiger partial charge in [0.05, 0.1) is 5.41 Å². The van der Waals surface area contributed by atoms with Gasteiger partial charge in [-0.3, -0.25) is 4.79 Å². The number of fused-ring (bicyclic) bond motifs is 3. The van der Waals surface area contributed by atoms with E-state index in [1.54, 1.807) is 0 Å². The summed E-state index contributed by atoms with van der Waals surface area (Å²) in [6.45, 7) is 0.302. The first-order chi connectivity index (χ1) is 16.6. The molecule has 0 unspecified atom stereocenters. The molecule has 5 heteroatoms. The van der Waals surface area contributed by atoms with E-state index in [9.17, 15) is 14.7 Å². The van der Waals surface area contributed by atoms with Crippen molar-refractivity contribution in [2.75, 3.05) is 13.2 Å². The highest BCUT2D eigenvalue weighted by Crippen LogP contribution is 2.45. The van der Waals surface area contributed by atoms with E-state index in [0.717, 1.165) is 24.0 Å². The highest BCUT2D eigenvalue weighted by Gasteiger charge is 2.42. The average Bonchev–Trinajstić information content (AvgIpc) is 3.20. The van der Waals surface area contributed by atoms with Gasteiger partial charge in [0.2, 0.25) is 0 Å². The molecule has 0 saturated heterocycles. The maximum absolute atomic E-state index is 12.6. The Balaban J connectivity index is 1.19. The number of nitrogens with one attached hydrogen (secondary N) is 1. The van der Waals surface area contributed by atoms with E-state index >= 15 is 0 Å². The van der Waals surface area contributed by atoms with Crippen LogP contribution in [-0.2, 0) is 9.53 Å². The number of carbonyl (C=O) groups excluding carboxylic acids is 1. The third-order valence-corrected chi connectivity index (χ3v) is 7.58. The second-order valence-corrected chi connectivity index (χ2v) is 9.45. The van der Waals surface area contributed by atoms with Crippen molar-refractivity contribution in [2.24, 2.45) is 5.41 Å². The molecule has 3 aromatic carbocycles. The van der Waals surface area contributed by atoms with Crippen LogP contribution in [0.4, 0.5) is 4.79 Å². The van der Waals surface area contributed by atoms with Crippen LogP contribution in [0.1, 0.15) is 54.2 Å². The smallest absolute Gasteiger partial charge is 0.407 e. The summed E-state index contributed by atoms with van der Waals surface area (Å²) in [5, 5.41) is 12.7. The predicted molar refractivity (Wildman–Crippen MR) is 131 cm³/mol. The van der Waals surface area contributed by atoms with Crippen molar-refractivity contribution in [1.82, 2.24) is 5.32 Å². The summed E-state index contributed by atoms with van der Waals surface area (Å²) in [6, 6.07) is 26.6. The first-order valence-corrected chi connectivity index (χ1v) is 11.9. The maximum atomic E-state index is 12.6. The minimum atomic E-state index is -0.948. The van der Waals surface area contributed by atoms with E-state index in [0.29, 0.717) is 18.8 Å². The fraction of sp³-hybridized carbons (Fsp3) is 0.310. The Morgan fingerprint density at radius 1 is 0.853 bits per heavy atom. The molecule has 34 heavy (non-hydrogen) atoms. The molecule has 5 rings (SSSR count). The largest absolute Gasteiger partial charge is 0.481 e. The lowest BCUT2D eigenvalue weighted by Crippen LogP contribution is -2.45. The number of carboxylic acid groups (broad SMARTS) is 1. The minimum absolute atomic E-state index is 0.0205. The van der Waals surface area contributed by atoms with E-state index in [4.69, 9.17) is 4.74 Å². The van der Waals surface area contributed by atoms with Crippen LogP contribution in [0, 0.1) is 5.41 Å². The standard InChI is InChI=1S/C29H29NO4/c31-27(32)29(16-14-21(15-17-29)20-8-2-1-3-9-20)19-30-28(33)34-18-26-24-12-6-4-10-22(24)23-11-5-7-13-25(23)26/h1-13,21,26H,14-19H2,(H,30,33)(H,31,32). The van der Waals surface area contributed by atoms with Crippen LogP contribution < -0.4 is 5.32 Å². The zero-order chi connectivity index (χ0) is 23.5. The van der Waals surface area contributed by atoms with Crippen LogP contribution in [0.2, 0.25) is 0 Å². The van der Waals surface area contributed by atoms with E-state index in [-0.39, 0.29) is 19.1 Å². The molecule has 174 valence electrons. The fourth-order valence-corrected chi connectivity index (χ4v) is 5.59. The van der Waals surface area contributed by atoms with Gasteiger partial charge < -0.3 is 15.2 Å². The van der Waals surface area contributed by atoms with Crippen molar-refractivity contribution >= 4 is 12.1 Å². The van der Waals surface area contributed by atoms with E-state index < -0.39 is 17.5 Å². The number of hydrogen-bond donors (Lipinski definition) is 2. The first kappa shape index (κ1) is 22.2. The van der Waals surface area contributed by atoms with Gasteiger partial charge in [0, 0.05) is 12.5 Å². The topological polar surface area (TPSA) is 75.6 Å². The van der Waals surface area contributed by atoms with Crippen LogP contribution in [-0.4, -0.2) is 30.3 Å². The van der Waals surface area contributed by atoms with Gasteiger partial charge >= 0.3 is 12.1 Å². The van der Waals surface area contributed by atoms with Gasteiger partial charge in [0.25, 0.3) is 0 Å². The van der Waals surface area contributed by atoms with Gasteiger partial charge in [-0.15, -0.1) is 0 Å². The third-order valence-electron chi connectivity index (χ3n) is 7.58. The van der Waals surface area contributed by atoms with Gasteiger partial charge in [-0.05, 0) is 59.4 Å². The molecule has 1 fully saturated rings.